The third-order valence-corrected chi connectivity index (χ3v) is 10.7. The molecule has 0 heterocycles. The summed E-state index contributed by atoms with van der Waals surface area (Å²) in [5.41, 5.74) is 2.44. The summed E-state index contributed by atoms with van der Waals surface area (Å²) in [4.78, 5) is 0. The van der Waals surface area contributed by atoms with Crippen molar-refractivity contribution in [2.75, 3.05) is 0 Å². The van der Waals surface area contributed by atoms with Crippen LogP contribution >= 0.6 is 0 Å². The highest BCUT2D eigenvalue weighted by Gasteiger charge is 2.32. The molecule has 0 bridgehead atoms. The maximum atomic E-state index is 15.3. The molecule has 0 N–H and O–H groups in total. The van der Waals surface area contributed by atoms with Crippen LogP contribution in [0.15, 0.2) is 30.3 Å². The average Bonchev–Trinajstić information content (AvgIpc) is 2.96. The zero-order chi connectivity index (χ0) is 27.4. The number of benzene rings is 2. The van der Waals surface area contributed by atoms with Gasteiger partial charge in [-0.15, -0.1) is 0 Å². The lowest BCUT2D eigenvalue weighted by atomic mass is 9.68. The van der Waals surface area contributed by atoms with Crippen LogP contribution in [0.3, 0.4) is 0 Å². The molecule has 4 heteroatoms. The first-order chi connectivity index (χ1) is 18.9. The normalized spacial score (nSPS) is 29.9. The second kappa shape index (κ2) is 13.2. The molecule has 3 aliphatic carbocycles. The van der Waals surface area contributed by atoms with Crippen LogP contribution in [0.4, 0.5) is 17.6 Å². The predicted octanol–water partition coefficient (Wildman–Crippen LogP) is 11.3. The third kappa shape index (κ3) is 6.91. The number of rotatable bonds is 8. The molecule has 0 nitrogen and oxygen atoms in total. The zero-order valence-electron chi connectivity index (χ0n) is 23.7. The van der Waals surface area contributed by atoms with E-state index in [0.717, 1.165) is 66.7 Å². The van der Waals surface area contributed by atoms with Crippen LogP contribution in [0.25, 0.3) is 0 Å². The highest BCUT2D eigenvalue weighted by Crippen LogP contribution is 2.46. The first-order valence-corrected chi connectivity index (χ1v) is 15.9. The Morgan fingerprint density at radius 3 is 1.67 bits per heavy atom. The van der Waals surface area contributed by atoms with Crippen LogP contribution in [-0.4, -0.2) is 0 Å². The maximum absolute atomic E-state index is 15.3. The quantitative estimate of drug-likeness (QED) is 0.177. The first kappa shape index (κ1) is 28.7. The molecule has 3 saturated carbocycles. The number of hydrogen-bond acceptors (Lipinski definition) is 0. The fraction of sp³-hybridized carbons (Fsp3) is 0.657. The van der Waals surface area contributed by atoms with Gasteiger partial charge in [-0.05, 0) is 135 Å². The van der Waals surface area contributed by atoms with Crippen molar-refractivity contribution in [1.29, 1.82) is 0 Å². The van der Waals surface area contributed by atoms with Crippen molar-refractivity contribution in [2.45, 2.75) is 127 Å². The molecule has 5 rings (SSSR count). The summed E-state index contributed by atoms with van der Waals surface area (Å²) in [6.07, 6.45) is 19.2. The predicted molar refractivity (Wildman–Crippen MR) is 151 cm³/mol. The summed E-state index contributed by atoms with van der Waals surface area (Å²) in [6, 6.07) is 8.18. The van der Waals surface area contributed by atoms with Crippen molar-refractivity contribution in [3.63, 3.8) is 0 Å². The molecule has 0 radical (unpaired) electrons. The number of hydrogen-bond donors (Lipinski definition) is 0. The van der Waals surface area contributed by atoms with Gasteiger partial charge in [0.15, 0.2) is 17.5 Å². The van der Waals surface area contributed by atoms with Gasteiger partial charge in [-0.2, -0.15) is 0 Å². The lowest BCUT2D eigenvalue weighted by Gasteiger charge is -2.38. The molecule has 2 aromatic carbocycles. The summed E-state index contributed by atoms with van der Waals surface area (Å²) in [5, 5.41) is 0. The fourth-order valence-electron chi connectivity index (χ4n) is 8.23. The van der Waals surface area contributed by atoms with Gasteiger partial charge in [0.25, 0.3) is 0 Å². The molecule has 2 aromatic rings. The first-order valence-electron chi connectivity index (χ1n) is 15.9. The maximum Gasteiger partial charge on any atom is 0.194 e. The van der Waals surface area contributed by atoms with Crippen LogP contribution in [0.1, 0.15) is 144 Å². The summed E-state index contributed by atoms with van der Waals surface area (Å²) in [6.45, 7) is 2.29. The van der Waals surface area contributed by atoms with E-state index in [0.29, 0.717) is 11.5 Å². The molecular formula is C35H46F4. The van der Waals surface area contributed by atoms with Crippen molar-refractivity contribution < 1.29 is 17.6 Å². The molecular weight excluding hydrogens is 496 g/mol. The van der Waals surface area contributed by atoms with Gasteiger partial charge in [0.05, 0.1) is 0 Å². The second-order valence-electron chi connectivity index (χ2n) is 13.0. The number of unbranched alkanes of at least 4 members (excludes halogenated alkanes) is 2. The van der Waals surface area contributed by atoms with Crippen LogP contribution in [-0.2, 0) is 0 Å². The Balaban J connectivity index is 1.10. The summed E-state index contributed by atoms with van der Waals surface area (Å²) < 4.78 is 56.1. The van der Waals surface area contributed by atoms with Crippen molar-refractivity contribution in [1.82, 2.24) is 0 Å². The third-order valence-electron chi connectivity index (χ3n) is 10.7. The summed E-state index contributed by atoms with van der Waals surface area (Å²) >= 11 is 0. The molecule has 214 valence electrons. The van der Waals surface area contributed by atoms with E-state index in [-0.39, 0.29) is 17.7 Å². The average molecular weight is 543 g/mol. The highest BCUT2D eigenvalue weighted by molar-refractivity contribution is 5.31. The van der Waals surface area contributed by atoms with E-state index in [9.17, 15) is 13.2 Å². The Labute approximate surface area is 233 Å². The summed E-state index contributed by atoms with van der Waals surface area (Å²) in [5.74, 6) is -0.463. The minimum Gasteiger partial charge on any atom is -0.207 e. The minimum atomic E-state index is -1.41. The molecule has 0 unspecified atom stereocenters. The Hall–Kier alpha value is -1.84. The van der Waals surface area contributed by atoms with E-state index in [4.69, 9.17) is 0 Å². The van der Waals surface area contributed by atoms with Crippen molar-refractivity contribution in [2.24, 2.45) is 17.8 Å². The Kier molecular flexibility index (Phi) is 9.72. The molecule has 39 heavy (non-hydrogen) atoms. The van der Waals surface area contributed by atoms with E-state index in [1.165, 1.54) is 77.0 Å². The van der Waals surface area contributed by atoms with Gasteiger partial charge in [0.2, 0.25) is 0 Å². The Bertz CT molecular complexity index is 1050. The van der Waals surface area contributed by atoms with Crippen LogP contribution in [0.5, 0.6) is 0 Å². The Morgan fingerprint density at radius 1 is 0.564 bits per heavy atom. The van der Waals surface area contributed by atoms with Crippen LogP contribution < -0.4 is 0 Å². The monoisotopic (exact) mass is 542 g/mol. The molecule has 0 spiro atoms. The second-order valence-corrected chi connectivity index (χ2v) is 13.0. The van der Waals surface area contributed by atoms with Gasteiger partial charge in [-0.3, -0.25) is 0 Å². The molecule has 3 aliphatic rings. The Morgan fingerprint density at radius 2 is 1.08 bits per heavy atom. The molecule has 0 saturated heterocycles. The lowest BCUT2D eigenvalue weighted by molar-refractivity contribution is 0.155. The van der Waals surface area contributed by atoms with Crippen LogP contribution in [0, 0.1) is 41.0 Å². The van der Waals surface area contributed by atoms with E-state index >= 15 is 4.39 Å². The summed E-state index contributed by atoms with van der Waals surface area (Å²) in [7, 11) is 0. The lowest BCUT2D eigenvalue weighted by Crippen LogP contribution is -2.25. The topological polar surface area (TPSA) is 0 Å². The zero-order valence-corrected chi connectivity index (χ0v) is 23.7. The van der Waals surface area contributed by atoms with Gasteiger partial charge in [0, 0.05) is 0 Å². The molecule has 0 atom stereocenters. The van der Waals surface area contributed by atoms with Gasteiger partial charge >= 0.3 is 0 Å². The van der Waals surface area contributed by atoms with E-state index in [2.05, 4.69) is 13.0 Å². The van der Waals surface area contributed by atoms with Crippen molar-refractivity contribution in [3.8, 4) is 0 Å². The standard InChI is InChI=1S/C35H46F4/c1-2-3-4-5-23-6-8-24(9-7-23)25-10-12-26(13-11-25)29-18-19-31(32(36)20-29)28-16-14-27(15-17-28)30-21-33(37)35(39)34(38)22-30/h18-28H,2-17H2,1H3/t23?,24?,25-,26-,27?,28?. The van der Waals surface area contributed by atoms with Crippen molar-refractivity contribution >= 4 is 0 Å². The number of halogens is 4. The smallest absolute Gasteiger partial charge is 0.194 e. The van der Waals surface area contributed by atoms with Crippen LogP contribution in [0.2, 0.25) is 0 Å². The minimum absolute atomic E-state index is 0.0144. The molecule has 0 amide bonds. The molecule has 0 aliphatic heterocycles. The van der Waals surface area contributed by atoms with Gasteiger partial charge < -0.3 is 0 Å². The van der Waals surface area contributed by atoms with E-state index in [1.54, 1.807) is 6.07 Å². The largest absolute Gasteiger partial charge is 0.207 e. The molecule has 0 aromatic heterocycles. The van der Waals surface area contributed by atoms with Gasteiger partial charge in [0.1, 0.15) is 5.82 Å². The van der Waals surface area contributed by atoms with Gasteiger partial charge in [-0.25, -0.2) is 17.6 Å². The van der Waals surface area contributed by atoms with E-state index < -0.39 is 17.5 Å². The SMILES string of the molecule is CCCCCC1CCC([C@H]2CC[C@H](c3ccc(C4CCC(c5cc(F)c(F)c(F)c5)CC4)c(F)c3)CC2)CC1. The highest BCUT2D eigenvalue weighted by atomic mass is 19.2. The van der Waals surface area contributed by atoms with E-state index in [1.807, 2.05) is 6.07 Å². The molecule has 3 fully saturated rings. The van der Waals surface area contributed by atoms with Gasteiger partial charge in [-0.1, -0.05) is 57.6 Å². The fourth-order valence-corrected chi connectivity index (χ4v) is 8.23. The van der Waals surface area contributed by atoms with Crippen molar-refractivity contribution in [3.05, 3.63) is 70.3 Å².